The third kappa shape index (κ3) is 3.55. The number of nitrogens with one attached hydrogen (secondary N) is 1. The fraction of sp³-hybridized carbons (Fsp3) is 0.462. The molecule has 1 N–H and O–H groups in total. The van der Waals surface area contributed by atoms with Gasteiger partial charge in [-0.15, -0.1) is 0 Å². The van der Waals surface area contributed by atoms with Gasteiger partial charge in [-0.1, -0.05) is 26.0 Å². The van der Waals surface area contributed by atoms with E-state index in [1.807, 2.05) is 0 Å². The van der Waals surface area contributed by atoms with Gasteiger partial charge in [0.05, 0.1) is 4.92 Å². The van der Waals surface area contributed by atoms with Crippen molar-refractivity contribution in [3.63, 3.8) is 0 Å². The van der Waals surface area contributed by atoms with E-state index in [4.69, 9.17) is 0 Å². The van der Waals surface area contributed by atoms with Crippen LogP contribution in [0.4, 0.5) is 5.69 Å². The molecule has 0 aliphatic rings. The molecule has 0 radical (unpaired) electrons. The summed E-state index contributed by atoms with van der Waals surface area (Å²) in [6, 6.07) is 4.76. The highest BCUT2D eigenvalue weighted by molar-refractivity contribution is 5.98. The van der Waals surface area contributed by atoms with Crippen molar-refractivity contribution in [2.75, 3.05) is 6.54 Å². The lowest BCUT2D eigenvalue weighted by molar-refractivity contribution is -0.385. The van der Waals surface area contributed by atoms with Gasteiger partial charge in [-0.3, -0.25) is 14.9 Å². The van der Waals surface area contributed by atoms with Crippen LogP contribution in [0.25, 0.3) is 0 Å². The van der Waals surface area contributed by atoms with E-state index >= 15 is 0 Å². The Balaban J connectivity index is 2.86. The van der Waals surface area contributed by atoms with Crippen molar-refractivity contribution in [2.24, 2.45) is 5.92 Å². The predicted octanol–water partition coefficient (Wildman–Crippen LogP) is 2.68. The molecule has 0 heterocycles. The maximum atomic E-state index is 11.9. The molecule has 0 aliphatic carbocycles. The van der Waals surface area contributed by atoms with Gasteiger partial charge in [0.1, 0.15) is 5.56 Å². The van der Waals surface area contributed by atoms with Crippen LogP contribution in [-0.4, -0.2) is 17.4 Å². The number of hydrogen-bond acceptors (Lipinski definition) is 3. The predicted molar refractivity (Wildman–Crippen MR) is 69.6 cm³/mol. The monoisotopic (exact) mass is 250 g/mol. The molecule has 0 unspecified atom stereocenters. The Bertz CT molecular complexity index is 456. The van der Waals surface area contributed by atoms with E-state index < -0.39 is 4.92 Å². The van der Waals surface area contributed by atoms with Crippen LogP contribution in [0.2, 0.25) is 0 Å². The first kappa shape index (κ1) is 14.2. The minimum Gasteiger partial charge on any atom is -0.352 e. The molecule has 0 saturated carbocycles. The van der Waals surface area contributed by atoms with E-state index in [1.165, 1.54) is 6.07 Å². The Hall–Kier alpha value is -1.91. The largest absolute Gasteiger partial charge is 0.352 e. The lowest BCUT2D eigenvalue weighted by atomic mass is 10.1. The van der Waals surface area contributed by atoms with Gasteiger partial charge in [-0.2, -0.15) is 0 Å². The van der Waals surface area contributed by atoms with Crippen molar-refractivity contribution < 1.29 is 9.72 Å². The fourth-order valence-corrected chi connectivity index (χ4v) is 1.65. The smallest absolute Gasteiger partial charge is 0.285 e. The molecule has 0 saturated heterocycles. The molecule has 98 valence electrons. The van der Waals surface area contributed by atoms with Gasteiger partial charge < -0.3 is 5.32 Å². The average molecular weight is 250 g/mol. The van der Waals surface area contributed by atoms with Crippen LogP contribution >= 0.6 is 0 Å². The van der Waals surface area contributed by atoms with Gasteiger partial charge in [0.2, 0.25) is 0 Å². The van der Waals surface area contributed by atoms with Crippen LogP contribution in [0, 0.1) is 23.0 Å². The highest BCUT2D eigenvalue weighted by Crippen LogP contribution is 2.22. The zero-order valence-electron chi connectivity index (χ0n) is 10.9. The normalized spacial score (nSPS) is 10.4. The molecule has 18 heavy (non-hydrogen) atoms. The van der Waals surface area contributed by atoms with Crippen molar-refractivity contribution in [2.45, 2.75) is 27.2 Å². The summed E-state index contributed by atoms with van der Waals surface area (Å²) in [5, 5.41) is 13.7. The van der Waals surface area contributed by atoms with Gasteiger partial charge in [-0.05, 0) is 25.3 Å². The number of carbonyl (C=O) groups is 1. The summed E-state index contributed by atoms with van der Waals surface area (Å²) in [4.78, 5) is 22.3. The van der Waals surface area contributed by atoms with Crippen molar-refractivity contribution in [3.8, 4) is 0 Å². The first-order valence-corrected chi connectivity index (χ1v) is 5.95. The molecule has 1 aromatic carbocycles. The number of nitro benzene ring substituents is 1. The Morgan fingerprint density at radius 1 is 1.44 bits per heavy atom. The van der Waals surface area contributed by atoms with E-state index in [0.29, 0.717) is 18.0 Å². The summed E-state index contributed by atoms with van der Waals surface area (Å²) >= 11 is 0. The highest BCUT2D eigenvalue weighted by Gasteiger charge is 2.21. The molecule has 5 heteroatoms. The summed E-state index contributed by atoms with van der Waals surface area (Å²) in [6.45, 7) is 6.27. The molecule has 1 aromatic rings. The average Bonchev–Trinajstić information content (AvgIpc) is 2.27. The standard InChI is InChI=1S/C13H18N2O3/c1-9(2)7-8-14-13(16)11-6-4-5-10(3)12(11)15(17)18/h4-6,9H,7-8H2,1-3H3,(H,14,16). The van der Waals surface area contributed by atoms with Crippen molar-refractivity contribution in [1.29, 1.82) is 0 Å². The number of amides is 1. The first-order chi connectivity index (χ1) is 8.43. The van der Waals surface area contributed by atoms with Gasteiger partial charge >= 0.3 is 0 Å². The lowest BCUT2D eigenvalue weighted by Crippen LogP contribution is -2.26. The molecule has 0 aromatic heterocycles. The van der Waals surface area contributed by atoms with E-state index in [-0.39, 0.29) is 17.2 Å². The Morgan fingerprint density at radius 2 is 2.11 bits per heavy atom. The van der Waals surface area contributed by atoms with E-state index in [1.54, 1.807) is 19.1 Å². The summed E-state index contributed by atoms with van der Waals surface area (Å²) in [7, 11) is 0. The molecule has 0 spiro atoms. The molecule has 1 rings (SSSR count). The number of rotatable bonds is 5. The summed E-state index contributed by atoms with van der Waals surface area (Å²) < 4.78 is 0. The van der Waals surface area contributed by atoms with Crippen molar-refractivity contribution in [1.82, 2.24) is 5.32 Å². The first-order valence-electron chi connectivity index (χ1n) is 5.95. The Kier molecular flexibility index (Phi) is 4.83. The summed E-state index contributed by atoms with van der Waals surface area (Å²) in [6.07, 6.45) is 0.853. The molecular weight excluding hydrogens is 232 g/mol. The van der Waals surface area contributed by atoms with Crippen LogP contribution in [0.1, 0.15) is 36.2 Å². The second-order valence-electron chi connectivity index (χ2n) is 4.67. The number of nitrogens with zero attached hydrogens (tertiary/aromatic N) is 1. The van der Waals surface area contributed by atoms with Crippen molar-refractivity contribution in [3.05, 3.63) is 39.4 Å². The number of benzene rings is 1. The van der Waals surface area contributed by atoms with Gasteiger partial charge in [0, 0.05) is 12.1 Å². The number of aryl methyl sites for hydroxylation is 1. The van der Waals surface area contributed by atoms with E-state index in [0.717, 1.165) is 6.42 Å². The van der Waals surface area contributed by atoms with Crippen LogP contribution in [0.3, 0.4) is 0 Å². The molecule has 0 aliphatic heterocycles. The third-order valence-corrected chi connectivity index (χ3v) is 2.67. The van der Waals surface area contributed by atoms with Crippen molar-refractivity contribution >= 4 is 11.6 Å². The lowest BCUT2D eigenvalue weighted by Gasteiger charge is -2.08. The van der Waals surface area contributed by atoms with Gasteiger partial charge in [0.25, 0.3) is 11.6 Å². The Morgan fingerprint density at radius 3 is 2.67 bits per heavy atom. The third-order valence-electron chi connectivity index (χ3n) is 2.67. The van der Waals surface area contributed by atoms with E-state index in [2.05, 4.69) is 19.2 Å². The number of hydrogen-bond donors (Lipinski definition) is 1. The maximum Gasteiger partial charge on any atom is 0.285 e. The molecular formula is C13H18N2O3. The maximum absolute atomic E-state index is 11.9. The Labute approximate surface area is 106 Å². The van der Waals surface area contributed by atoms with Crippen LogP contribution in [0.15, 0.2) is 18.2 Å². The minimum atomic E-state index is -0.507. The zero-order chi connectivity index (χ0) is 13.7. The van der Waals surface area contributed by atoms with Gasteiger partial charge in [-0.25, -0.2) is 0 Å². The van der Waals surface area contributed by atoms with Gasteiger partial charge in [0.15, 0.2) is 0 Å². The van der Waals surface area contributed by atoms with Crippen LogP contribution in [-0.2, 0) is 0 Å². The molecule has 0 fully saturated rings. The summed E-state index contributed by atoms with van der Waals surface area (Å²) in [5.41, 5.74) is 0.514. The second-order valence-corrected chi connectivity index (χ2v) is 4.67. The molecule has 1 amide bonds. The quantitative estimate of drug-likeness (QED) is 0.645. The second kappa shape index (κ2) is 6.14. The molecule has 5 nitrogen and oxygen atoms in total. The zero-order valence-corrected chi connectivity index (χ0v) is 10.9. The topological polar surface area (TPSA) is 72.2 Å². The minimum absolute atomic E-state index is 0.112. The van der Waals surface area contributed by atoms with Crippen LogP contribution < -0.4 is 5.32 Å². The summed E-state index contributed by atoms with van der Waals surface area (Å²) in [5.74, 6) is 0.101. The van der Waals surface area contributed by atoms with Crippen LogP contribution in [0.5, 0.6) is 0 Å². The van der Waals surface area contributed by atoms with E-state index in [9.17, 15) is 14.9 Å². The molecule has 0 atom stereocenters. The number of nitro groups is 1. The highest BCUT2D eigenvalue weighted by atomic mass is 16.6. The molecule has 0 bridgehead atoms. The number of carbonyl (C=O) groups excluding carboxylic acids is 1. The SMILES string of the molecule is Cc1cccc(C(=O)NCCC(C)C)c1[N+](=O)[O-]. The number of para-hydroxylation sites is 1. The fourth-order valence-electron chi connectivity index (χ4n) is 1.65.